The summed E-state index contributed by atoms with van der Waals surface area (Å²) >= 11 is 0. The minimum atomic E-state index is 0.660. The standard InChI is InChI=1S/C14H15NO/c1-2-7-13(8-3-1)15-10-12-6-4-5-9-14(12)16-11-15/h1-3,5,7-9H,4,6,10-11H2. The molecule has 1 aliphatic heterocycles. The van der Waals surface area contributed by atoms with Crippen LogP contribution in [0.3, 0.4) is 0 Å². The van der Waals surface area contributed by atoms with Crippen LogP contribution in [0.15, 0.2) is 53.8 Å². The molecule has 1 heterocycles. The van der Waals surface area contributed by atoms with Gasteiger partial charge in [0, 0.05) is 12.2 Å². The molecule has 2 nitrogen and oxygen atoms in total. The second-order valence-corrected chi connectivity index (χ2v) is 4.22. The molecule has 1 aromatic rings. The summed E-state index contributed by atoms with van der Waals surface area (Å²) in [4.78, 5) is 2.28. The lowest BCUT2D eigenvalue weighted by Crippen LogP contribution is -2.33. The van der Waals surface area contributed by atoms with Gasteiger partial charge in [0.05, 0.1) is 0 Å². The highest BCUT2D eigenvalue weighted by atomic mass is 16.5. The molecule has 0 atom stereocenters. The van der Waals surface area contributed by atoms with Crippen LogP contribution < -0.4 is 4.90 Å². The van der Waals surface area contributed by atoms with Gasteiger partial charge in [-0.2, -0.15) is 0 Å². The molecule has 1 aliphatic carbocycles. The second-order valence-electron chi connectivity index (χ2n) is 4.22. The van der Waals surface area contributed by atoms with E-state index in [-0.39, 0.29) is 0 Å². The molecule has 0 radical (unpaired) electrons. The highest BCUT2D eigenvalue weighted by Gasteiger charge is 2.19. The Morgan fingerprint density at radius 1 is 1.12 bits per heavy atom. The van der Waals surface area contributed by atoms with Gasteiger partial charge in [-0.3, -0.25) is 0 Å². The van der Waals surface area contributed by atoms with Crippen molar-refractivity contribution in [3.63, 3.8) is 0 Å². The van der Waals surface area contributed by atoms with E-state index in [1.807, 2.05) is 6.07 Å². The van der Waals surface area contributed by atoms with E-state index < -0.39 is 0 Å². The number of hydrogen-bond acceptors (Lipinski definition) is 2. The van der Waals surface area contributed by atoms with Gasteiger partial charge in [-0.25, -0.2) is 0 Å². The molecule has 0 spiro atoms. The minimum Gasteiger partial charge on any atom is -0.473 e. The summed E-state index contributed by atoms with van der Waals surface area (Å²) in [7, 11) is 0. The lowest BCUT2D eigenvalue weighted by atomic mass is 10.0. The van der Waals surface area contributed by atoms with Crippen LogP contribution in [-0.4, -0.2) is 13.3 Å². The third kappa shape index (κ3) is 1.71. The van der Waals surface area contributed by atoms with Crippen molar-refractivity contribution in [2.24, 2.45) is 0 Å². The first-order chi connectivity index (χ1) is 7.93. The van der Waals surface area contributed by atoms with Gasteiger partial charge >= 0.3 is 0 Å². The zero-order chi connectivity index (χ0) is 10.8. The number of anilines is 1. The van der Waals surface area contributed by atoms with Gasteiger partial charge in [0.15, 0.2) is 6.73 Å². The molecule has 0 unspecified atom stereocenters. The lowest BCUT2D eigenvalue weighted by Gasteiger charge is -2.33. The number of ether oxygens (including phenoxy) is 1. The van der Waals surface area contributed by atoms with Crippen LogP contribution in [0.1, 0.15) is 12.8 Å². The molecule has 0 amide bonds. The molecule has 0 saturated heterocycles. The van der Waals surface area contributed by atoms with Crippen LogP contribution in [0.4, 0.5) is 5.69 Å². The Morgan fingerprint density at radius 3 is 2.88 bits per heavy atom. The Balaban J connectivity index is 1.83. The van der Waals surface area contributed by atoms with E-state index in [1.165, 1.54) is 11.3 Å². The zero-order valence-electron chi connectivity index (χ0n) is 9.23. The fourth-order valence-electron chi connectivity index (χ4n) is 2.22. The SMILES string of the molecule is C1=CC2=C(CC1)CN(c1ccccc1)CO2. The van der Waals surface area contributed by atoms with Crippen molar-refractivity contribution in [1.29, 1.82) is 0 Å². The smallest absolute Gasteiger partial charge is 0.161 e. The summed E-state index contributed by atoms with van der Waals surface area (Å²) in [6.45, 7) is 1.66. The number of allylic oxidation sites excluding steroid dienone is 2. The molecule has 2 aliphatic rings. The monoisotopic (exact) mass is 213 g/mol. The number of rotatable bonds is 1. The summed E-state index contributed by atoms with van der Waals surface area (Å²) in [5, 5.41) is 0. The maximum atomic E-state index is 5.77. The maximum absolute atomic E-state index is 5.77. The Kier molecular flexibility index (Phi) is 2.41. The minimum absolute atomic E-state index is 0.660. The van der Waals surface area contributed by atoms with Crippen LogP contribution in [0.2, 0.25) is 0 Å². The number of hydrogen-bond donors (Lipinski definition) is 0. The van der Waals surface area contributed by atoms with Crippen LogP contribution >= 0.6 is 0 Å². The van der Waals surface area contributed by atoms with Crippen molar-refractivity contribution in [3.8, 4) is 0 Å². The fourth-order valence-corrected chi connectivity index (χ4v) is 2.22. The second kappa shape index (κ2) is 4.05. The quantitative estimate of drug-likeness (QED) is 0.710. The van der Waals surface area contributed by atoms with Crippen molar-refractivity contribution in [3.05, 3.63) is 53.8 Å². The van der Waals surface area contributed by atoms with Crippen molar-refractivity contribution in [2.45, 2.75) is 12.8 Å². The van der Waals surface area contributed by atoms with Crippen LogP contribution in [-0.2, 0) is 4.74 Å². The lowest BCUT2D eigenvalue weighted by molar-refractivity contribution is 0.203. The van der Waals surface area contributed by atoms with Crippen molar-refractivity contribution < 1.29 is 4.74 Å². The summed E-state index contributed by atoms with van der Waals surface area (Å²) in [5.74, 6) is 1.10. The number of benzene rings is 1. The third-order valence-corrected chi connectivity index (χ3v) is 3.11. The van der Waals surface area contributed by atoms with E-state index in [0.717, 1.165) is 25.1 Å². The Labute approximate surface area is 95.8 Å². The molecule has 2 heteroatoms. The predicted molar refractivity (Wildman–Crippen MR) is 65.1 cm³/mol. The first-order valence-electron chi connectivity index (χ1n) is 5.75. The predicted octanol–water partition coefficient (Wildman–Crippen LogP) is 3.08. The summed E-state index contributed by atoms with van der Waals surface area (Å²) in [6.07, 6.45) is 6.58. The van der Waals surface area contributed by atoms with Crippen LogP contribution in [0.25, 0.3) is 0 Å². The van der Waals surface area contributed by atoms with Gasteiger partial charge in [0.2, 0.25) is 0 Å². The van der Waals surface area contributed by atoms with Gasteiger partial charge in [0.25, 0.3) is 0 Å². The third-order valence-electron chi connectivity index (χ3n) is 3.11. The van der Waals surface area contributed by atoms with E-state index in [1.54, 1.807) is 0 Å². The molecule has 0 bridgehead atoms. The molecule has 3 rings (SSSR count). The van der Waals surface area contributed by atoms with Gasteiger partial charge in [-0.05, 0) is 36.6 Å². The van der Waals surface area contributed by atoms with Crippen molar-refractivity contribution in [1.82, 2.24) is 0 Å². The zero-order valence-corrected chi connectivity index (χ0v) is 9.23. The summed E-state index contributed by atoms with van der Waals surface area (Å²) in [5.41, 5.74) is 2.67. The van der Waals surface area contributed by atoms with E-state index >= 15 is 0 Å². The summed E-state index contributed by atoms with van der Waals surface area (Å²) < 4.78 is 5.77. The molecule has 0 saturated carbocycles. The Hall–Kier alpha value is -1.70. The molecule has 82 valence electrons. The van der Waals surface area contributed by atoms with Gasteiger partial charge < -0.3 is 9.64 Å². The highest BCUT2D eigenvalue weighted by molar-refractivity contribution is 5.48. The summed E-state index contributed by atoms with van der Waals surface area (Å²) in [6, 6.07) is 10.4. The Bertz CT molecular complexity index is 433. The largest absolute Gasteiger partial charge is 0.473 e. The molecule has 0 fully saturated rings. The van der Waals surface area contributed by atoms with Crippen LogP contribution in [0, 0.1) is 0 Å². The van der Waals surface area contributed by atoms with E-state index in [2.05, 4.69) is 41.3 Å². The Morgan fingerprint density at radius 2 is 2.00 bits per heavy atom. The first-order valence-corrected chi connectivity index (χ1v) is 5.75. The van der Waals surface area contributed by atoms with Crippen molar-refractivity contribution >= 4 is 5.69 Å². The average molecular weight is 213 g/mol. The number of para-hydroxylation sites is 1. The first kappa shape index (κ1) is 9.52. The van der Waals surface area contributed by atoms with E-state index in [0.29, 0.717) is 6.73 Å². The molecular formula is C14H15NO. The molecule has 1 aromatic carbocycles. The van der Waals surface area contributed by atoms with Gasteiger partial charge in [-0.15, -0.1) is 0 Å². The average Bonchev–Trinajstić information content (AvgIpc) is 2.39. The molecule has 16 heavy (non-hydrogen) atoms. The topological polar surface area (TPSA) is 12.5 Å². The van der Waals surface area contributed by atoms with E-state index in [9.17, 15) is 0 Å². The maximum Gasteiger partial charge on any atom is 0.161 e. The van der Waals surface area contributed by atoms with Gasteiger partial charge in [-0.1, -0.05) is 24.3 Å². The normalized spacial score (nSPS) is 19.4. The fraction of sp³-hybridized carbons (Fsp3) is 0.286. The molecule has 0 N–H and O–H groups in total. The molecular weight excluding hydrogens is 198 g/mol. The van der Waals surface area contributed by atoms with Gasteiger partial charge in [0.1, 0.15) is 5.76 Å². The molecule has 0 aromatic heterocycles. The highest BCUT2D eigenvalue weighted by Crippen LogP contribution is 2.27. The van der Waals surface area contributed by atoms with Crippen molar-refractivity contribution in [2.75, 3.05) is 18.2 Å². The number of nitrogens with zero attached hydrogens (tertiary/aromatic N) is 1. The van der Waals surface area contributed by atoms with E-state index in [4.69, 9.17) is 4.74 Å². The van der Waals surface area contributed by atoms with Crippen LogP contribution in [0.5, 0.6) is 0 Å².